The summed E-state index contributed by atoms with van der Waals surface area (Å²) in [7, 11) is -1.86. The fraction of sp³-hybridized carbons (Fsp3) is 0.200. The second-order valence-electron chi connectivity index (χ2n) is 5.59. The molecule has 3 nitrogen and oxygen atoms in total. The van der Waals surface area contributed by atoms with Crippen LogP contribution in [0.4, 0.5) is 0 Å². The van der Waals surface area contributed by atoms with Crippen molar-refractivity contribution in [2.45, 2.75) is 0 Å². The van der Waals surface area contributed by atoms with Gasteiger partial charge in [-0.3, -0.25) is 9.97 Å². The maximum absolute atomic E-state index is 5.84. The molecule has 0 N–H and O–H groups in total. The van der Waals surface area contributed by atoms with E-state index in [0.29, 0.717) is 6.61 Å². The minimum atomic E-state index is -1.86. The van der Waals surface area contributed by atoms with Crippen molar-refractivity contribution >= 4 is 39.1 Å². The van der Waals surface area contributed by atoms with E-state index in [1.165, 1.54) is 15.9 Å². The molecule has 2 heterocycles. The summed E-state index contributed by atoms with van der Waals surface area (Å²) < 4.78 is 5.84. The van der Waals surface area contributed by atoms with E-state index < -0.39 is 7.26 Å². The first-order valence-corrected chi connectivity index (χ1v) is 11.4. The van der Waals surface area contributed by atoms with Gasteiger partial charge in [-0.05, 0) is 36.4 Å². The molecule has 2 aromatic heterocycles. The van der Waals surface area contributed by atoms with Crippen molar-refractivity contribution in [1.82, 2.24) is 9.97 Å². The van der Waals surface area contributed by atoms with Crippen LogP contribution in [-0.2, 0) is 4.74 Å². The van der Waals surface area contributed by atoms with Crippen molar-refractivity contribution in [2.75, 3.05) is 24.7 Å². The summed E-state index contributed by atoms with van der Waals surface area (Å²) in [5, 5.41) is 4.70. The molecule has 0 radical (unpaired) electrons. The Morgan fingerprint density at radius 2 is 1.36 bits per heavy atom. The molecular weight excluding hydrogens is 391 g/mol. The predicted molar refractivity (Wildman–Crippen MR) is 110 cm³/mol. The zero-order valence-corrected chi connectivity index (χ0v) is 16.4. The molecule has 3 rings (SSSR count). The Bertz CT molecular complexity index is 660. The zero-order chi connectivity index (χ0) is 17.4. The highest BCUT2D eigenvalue weighted by atomic mass is 75.9. The summed E-state index contributed by atoms with van der Waals surface area (Å²) in [4.78, 5) is 8.81. The highest BCUT2D eigenvalue weighted by molar-refractivity contribution is 9.09. The third-order valence-electron chi connectivity index (χ3n) is 4.16. The Morgan fingerprint density at radius 3 is 1.88 bits per heavy atom. The van der Waals surface area contributed by atoms with Crippen LogP contribution in [0.25, 0.3) is 0 Å². The topological polar surface area (TPSA) is 35.0 Å². The molecule has 0 aliphatic carbocycles. The number of nitrogens with zero attached hydrogens (tertiary/aromatic N) is 2. The Labute approximate surface area is 158 Å². The lowest BCUT2D eigenvalue weighted by Crippen LogP contribution is -2.35. The number of halogens is 1. The first kappa shape index (κ1) is 18.2. The maximum atomic E-state index is 5.84. The molecule has 0 aliphatic heterocycles. The summed E-state index contributed by atoms with van der Waals surface area (Å²) in [5.41, 5.74) is 0. The van der Waals surface area contributed by atoms with Gasteiger partial charge in [-0.1, -0.05) is 34.1 Å². The zero-order valence-electron chi connectivity index (χ0n) is 14.0. The molecule has 0 saturated carbocycles. The molecule has 0 unspecified atom stereocenters. The molecule has 3 aromatic rings. The van der Waals surface area contributed by atoms with Crippen LogP contribution in [0.5, 0.6) is 0 Å². The van der Waals surface area contributed by atoms with E-state index in [0.717, 1.165) is 18.1 Å². The predicted octanol–water partition coefficient (Wildman–Crippen LogP) is 3.18. The molecule has 1 aromatic carbocycles. The van der Waals surface area contributed by atoms with Gasteiger partial charge in [0.15, 0.2) is 0 Å². The number of aromatic nitrogens is 2. The Balaban J connectivity index is 2.13. The second kappa shape index (κ2) is 9.19. The second-order valence-corrected chi connectivity index (χ2v) is 10.0. The van der Waals surface area contributed by atoms with E-state index in [4.69, 9.17) is 4.74 Å². The van der Waals surface area contributed by atoms with Gasteiger partial charge in [0, 0.05) is 17.7 Å². The van der Waals surface area contributed by atoms with Crippen molar-refractivity contribution in [1.29, 1.82) is 0 Å². The van der Waals surface area contributed by atoms with Crippen LogP contribution in [0.1, 0.15) is 0 Å². The van der Waals surface area contributed by atoms with E-state index in [1.807, 2.05) is 36.9 Å². The van der Waals surface area contributed by atoms with Gasteiger partial charge in [0.1, 0.15) is 23.2 Å². The van der Waals surface area contributed by atoms with E-state index in [-0.39, 0.29) is 0 Å². The lowest BCUT2D eigenvalue weighted by molar-refractivity contribution is 0.167. The standard InChI is InChI=1S/C20H21BrN2OP/c21-10-13-24-14-15-25(18-6-2-1-3-7-18,19-8-4-11-22-16-19)20-9-5-12-23-17-20/h1-9,11-12,16-17H,10,13-15H2/q+1/i21-4. The van der Waals surface area contributed by atoms with Gasteiger partial charge in [0.25, 0.3) is 0 Å². The largest absolute Gasteiger partial charge is 0.377 e. The summed E-state index contributed by atoms with van der Waals surface area (Å²) in [5.74, 6) is 0. The molecule has 0 bridgehead atoms. The molecule has 128 valence electrons. The molecule has 0 aliphatic rings. The number of rotatable bonds is 8. The van der Waals surface area contributed by atoms with Crippen LogP contribution in [0.2, 0.25) is 0 Å². The van der Waals surface area contributed by atoms with Crippen molar-refractivity contribution in [3.63, 3.8) is 0 Å². The average molecular weight is 412 g/mol. The lowest BCUT2D eigenvalue weighted by atomic mass is 10.4. The molecule has 0 amide bonds. The molecule has 0 saturated heterocycles. The number of pyridine rings is 2. The molecule has 0 atom stereocenters. The van der Waals surface area contributed by atoms with Gasteiger partial charge in [0.05, 0.1) is 31.8 Å². The van der Waals surface area contributed by atoms with Crippen molar-refractivity contribution < 1.29 is 4.74 Å². The van der Waals surface area contributed by atoms with Crippen LogP contribution in [0, 0.1) is 0 Å². The van der Waals surface area contributed by atoms with Crippen LogP contribution in [-0.4, -0.2) is 34.7 Å². The molecular formula is C20H21BrN2OP+. The first-order valence-electron chi connectivity index (χ1n) is 8.26. The van der Waals surface area contributed by atoms with Crippen LogP contribution < -0.4 is 15.9 Å². The van der Waals surface area contributed by atoms with Crippen LogP contribution in [0.3, 0.4) is 0 Å². The van der Waals surface area contributed by atoms with Gasteiger partial charge in [0.2, 0.25) is 0 Å². The SMILES string of the molecule is [76Br]CCOCC[P+](c1ccccc1)(c1cccnc1)c1cccnc1. The highest BCUT2D eigenvalue weighted by Crippen LogP contribution is 2.54. The third kappa shape index (κ3) is 4.14. The van der Waals surface area contributed by atoms with Crippen molar-refractivity contribution in [3.8, 4) is 0 Å². The third-order valence-corrected chi connectivity index (χ3v) is 8.81. The maximum Gasteiger partial charge on any atom is 0.123 e. The monoisotopic (exact) mass is 412 g/mol. The van der Waals surface area contributed by atoms with Crippen molar-refractivity contribution in [2.24, 2.45) is 0 Å². The van der Waals surface area contributed by atoms with Gasteiger partial charge >= 0.3 is 0 Å². The Morgan fingerprint density at radius 1 is 0.760 bits per heavy atom. The summed E-state index contributed by atoms with van der Waals surface area (Å²) in [6.07, 6.45) is 8.58. The number of hydrogen-bond acceptors (Lipinski definition) is 3. The number of benzene rings is 1. The highest BCUT2D eigenvalue weighted by Gasteiger charge is 2.45. The van der Waals surface area contributed by atoms with E-state index in [2.05, 4.69) is 68.4 Å². The summed E-state index contributed by atoms with van der Waals surface area (Å²) in [6, 6.07) is 19.1. The van der Waals surface area contributed by atoms with E-state index in [1.54, 1.807) is 0 Å². The van der Waals surface area contributed by atoms with E-state index in [9.17, 15) is 0 Å². The number of ether oxygens (including phenoxy) is 1. The van der Waals surface area contributed by atoms with E-state index >= 15 is 0 Å². The van der Waals surface area contributed by atoms with Crippen molar-refractivity contribution in [3.05, 3.63) is 79.4 Å². The molecule has 0 fully saturated rings. The van der Waals surface area contributed by atoms with Gasteiger partial charge in [-0.25, -0.2) is 0 Å². The minimum absolute atomic E-state index is 0.706. The molecule has 5 heteroatoms. The van der Waals surface area contributed by atoms with Gasteiger partial charge < -0.3 is 4.74 Å². The van der Waals surface area contributed by atoms with Gasteiger partial charge in [-0.2, -0.15) is 0 Å². The average Bonchev–Trinajstić information content (AvgIpc) is 2.70. The van der Waals surface area contributed by atoms with Crippen LogP contribution >= 0.6 is 23.2 Å². The quantitative estimate of drug-likeness (QED) is 0.324. The Hall–Kier alpha value is -1.61. The molecule has 0 spiro atoms. The van der Waals surface area contributed by atoms with Crippen LogP contribution in [0.15, 0.2) is 79.4 Å². The number of alkyl halides is 1. The summed E-state index contributed by atoms with van der Waals surface area (Å²) >= 11 is 3.43. The fourth-order valence-electron chi connectivity index (χ4n) is 3.03. The summed E-state index contributed by atoms with van der Waals surface area (Å²) in [6.45, 7) is 1.42. The Kier molecular flexibility index (Phi) is 6.69. The minimum Gasteiger partial charge on any atom is -0.377 e. The smallest absolute Gasteiger partial charge is 0.123 e. The lowest BCUT2D eigenvalue weighted by Gasteiger charge is -2.26. The fourth-order valence-corrected chi connectivity index (χ4v) is 7.22. The normalized spacial score (nSPS) is 11.4. The first-order chi connectivity index (χ1) is 12.4. The number of hydrogen-bond donors (Lipinski definition) is 0. The van der Waals surface area contributed by atoms with Gasteiger partial charge in [-0.15, -0.1) is 0 Å². The molecule has 25 heavy (non-hydrogen) atoms.